The minimum Gasteiger partial charge on any atom is -0.487 e. The number of fused-ring (bicyclic) bond motifs is 2. The van der Waals surface area contributed by atoms with E-state index in [4.69, 9.17) is 14.2 Å². The summed E-state index contributed by atoms with van der Waals surface area (Å²) in [6.45, 7) is 7.90. The van der Waals surface area contributed by atoms with Crippen LogP contribution < -0.4 is 14.2 Å². The van der Waals surface area contributed by atoms with Crippen LogP contribution in [0.2, 0.25) is 0 Å². The zero-order chi connectivity index (χ0) is 20.7. The standard InChI is InChI=1S/C25H24N2O3/c1-16-5-4-6-19(11-16)13-27-18(3)17(2)24-25(27)22(9-10-26-24)28-14-20-7-8-21-23(12-20)30-15-29-21/h4-12H,13-15H2,1-3H3. The maximum atomic E-state index is 6.28. The molecule has 0 unspecified atom stereocenters. The van der Waals surface area contributed by atoms with Crippen molar-refractivity contribution in [2.45, 2.75) is 33.9 Å². The third-order valence-corrected chi connectivity index (χ3v) is 5.71. The summed E-state index contributed by atoms with van der Waals surface area (Å²) in [7, 11) is 0. The SMILES string of the molecule is Cc1cccc(Cn2c(C)c(C)c3nccc(OCc4ccc5c(c4)OCO5)c32)c1. The van der Waals surface area contributed by atoms with Gasteiger partial charge in [0, 0.05) is 24.5 Å². The van der Waals surface area contributed by atoms with Gasteiger partial charge in [0.05, 0.1) is 5.52 Å². The monoisotopic (exact) mass is 400 g/mol. The lowest BCUT2D eigenvalue weighted by Gasteiger charge is -2.13. The highest BCUT2D eigenvalue weighted by molar-refractivity contribution is 5.86. The van der Waals surface area contributed by atoms with Gasteiger partial charge in [-0.15, -0.1) is 0 Å². The van der Waals surface area contributed by atoms with Crippen LogP contribution in [0.1, 0.15) is 27.9 Å². The van der Waals surface area contributed by atoms with E-state index in [-0.39, 0.29) is 6.79 Å². The third-order valence-electron chi connectivity index (χ3n) is 5.71. The van der Waals surface area contributed by atoms with E-state index in [2.05, 4.69) is 54.6 Å². The number of aromatic nitrogens is 2. The van der Waals surface area contributed by atoms with Gasteiger partial charge in [0.1, 0.15) is 17.9 Å². The lowest BCUT2D eigenvalue weighted by molar-refractivity contribution is 0.174. The quantitative estimate of drug-likeness (QED) is 0.455. The molecule has 3 heterocycles. The van der Waals surface area contributed by atoms with Gasteiger partial charge in [-0.25, -0.2) is 0 Å². The van der Waals surface area contributed by atoms with Crippen molar-refractivity contribution in [1.29, 1.82) is 0 Å². The average Bonchev–Trinajstić information content (AvgIpc) is 3.31. The summed E-state index contributed by atoms with van der Waals surface area (Å²) in [6.07, 6.45) is 1.82. The van der Waals surface area contributed by atoms with Crippen LogP contribution >= 0.6 is 0 Å². The van der Waals surface area contributed by atoms with Crippen molar-refractivity contribution in [2.24, 2.45) is 0 Å². The van der Waals surface area contributed by atoms with Gasteiger partial charge in [-0.05, 0) is 49.6 Å². The molecule has 0 spiro atoms. The van der Waals surface area contributed by atoms with E-state index < -0.39 is 0 Å². The highest BCUT2D eigenvalue weighted by Crippen LogP contribution is 2.34. The minimum absolute atomic E-state index is 0.273. The first-order chi connectivity index (χ1) is 14.6. The highest BCUT2D eigenvalue weighted by Gasteiger charge is 2.18. The largest absolute Gasteiger partial charge is 0.487 e. The lowest BCUT2D eigenvalue weighted by atomic mass is 10.1. The summed E-state index contributed by atoms with van der Waals surface area (Å²) in [6, 6.07) is 16.5. The molecule has 0 N–H and O–H groups in total. The second-order valence-electron chi connectivity index (χ2n) is 7.77. The summed E-state index contributed by atoms with van der Waals surface area (Å²) in [4.78, 5) is 4.65. The number of hydrogen-bond acceptors (Lipinski definition) is 4. The van der Waals surface area contributed by atoms with Crippen LogP contribution in [0, 0.1) is 20.8 Å². The molecule has 2 aromatic carbocycles. The van der Waals surface area contributed by atoms with Gasteiger partial charge < -0.3 is 18.8 Å². The van der Waals surface area contributed by atoms with Crippen LogP contribution in [-0.4, -0.2) is 16.3 Å². The predicted molar refractivity (Wildman–Crippen MR) is 116 cm³/mol. The summed E-state index contributed by atoms with van der Waals surface area (Å²) >= 11 is 0. The fraction of sp³-hybridized carbons (Fsp3) is 0.240. The predicted octanol–water partition coefficient (Wildman–Crippen LogP) is 5.32. The Hall–Kier alpha value is -3.47. The molecule has 1 aliphatic rings. The van der Waals surface area contributed by atoms with E-state index >= 15 is 0 Å². The Labute approximate surface area is 175 Å². The van der Waals surface area contributed by atoms with Crippen molar-refractivity contribution >= 4 is 11.0 Å². The van der Waals surface area contributed by atoms with Gasteiger partial charge in [0.25, 0.3) is 0 Å². The van der Waals surface area contributed by atoms with Crippen LogP contribution in [0.5, 0.6) is 17.2 Å². The molecular weight excluding hydrogens is 376 g/mol. The van der Waals surface area contributed by atoms with E-state index in [9.17, 15) is 0 Å². The summed E-state index contributed by atoms with van der Waals surface area (Å²) in [5.74, 6) is 2.38. The van der Waals surface area contributed by atoms with E-state index in [1.165, 1.54) is 22.4 Å². The van der Waals surface area contributed by atoms with Crippen molar-refractivity contribution in [3.05, 3.63) is 82.7 Å². The van der Waals surface area contributed by atoms with Crippen LogP contribution in [0.15, 0.2) is 54.7 Å². The number of benzene rings is 2. The summed E-state index contributed by atoms with van der Waals surface area (Å²) in [5.41, 5.74) is 7.98. The molecule has 0 saturated carbocycles. The Kier molecular flexibility index (Phi) is 4.58. The molecule has 0 bridgehead atoms. The van der Waals surface area contributed by atoms with E-state index in [1.807, 2.05) is 30.5 Å². The van der Waals surface area contributed by atoms with Gasteiger partial charge in [0.2, 0.25) is 6.79 Å². The van der Waals surface area contributed by atoms with Crippen LogP contribution in [-0.2, 0) is 13.2 Å². The van der Waals surface area contributed by atoms with E-state index in [0.29, 0.717) is 6.61 Å². The molecule has 0 aliphatic carbocycles. The maximum Gasteiger partial charge on any atom is 0.231 e. The van der Waals surface area contributed by atoms with Crippen molar-refractivity contribution in [3.8, 4) is 17.2 Å². The molecule has 1 aliphatic heterocycles. The Morgan fingerprint density at radius 3 is 2.70 bits per heavy atom. The molecule has 2 aromatic heterocycles. The Balaban J connectivity index is 1.50. The summed E-state index contributed by atoms with van der Waals surface area (Å²) < 4.78 is 19.5. The molecule has 30 heavy (non-hydrogen) atoms. The smallest absolute Gasteiger partial charge is 0.231 e. The van der Waals surface area contributed by atoms with Gasteiger partial charge in [0.15, 0.2) is 11.5 Å². The van der Waals surface area contributed by atoms with Crippen molar-refractivity contribution in [1.82, 2.24) is 9.55 Å². The second kappa shape index (κ2) is 7.41. The highest BCUT2D eigenvalue weighted by atomic mass is 16.7. The lowest BCUT2D eigenvalue weighted by Crippen LogP contribution is -2.04. The average molecular weight is 400 g/mol. The third kappa shape index (κ3) is 3.26. The fourth-order valence-electron chi connectivity index (χ4n) is 4.01. The van der Waals surface area contributed by atoms with Gasteiger partial charge in [-0.2, -0.15) is 0 Å². The van der Waals surface area contributed by atoms with Gasteiger partial charge in [-0.1, -0.05) is 35.9 Å². The van der Waals surface area contributed by atoms with Crippen molar-refractivity contribution in [3.63, 3.8) is 0 Å². The van der Waals surface area contributed by atoms with E-state index in [0.717, 1.165) is 40.4 Å². The second-order valence-corrected chi connectivity index (χ2v) is 7.77. The molecule has 0 atom stereocenters. The van der Waals surface area contributed by atoms with Crippen molar-refractivity contribution < 1.29 is 14.2 Å². The molecule has 0 fully saturated rings. The maximum absolute atomic E-state index is 6.28. The normalized spacial score (nSPS) is 12.5. The number of ether oxygens (including phenoxy) is 3. The molecule has 0 radical (unpaired) electrons. The molecule has 152 valence electrons. The first-order valence-corrected chi connectivity index (χ1v) is 10.1. The molecule has 5 rings (SSSR count). The fourth-order valence-corrected chi connectivity index (χ4v) is 4.01. The van der Waals surface area contributed by atoms with Gasteiger partial charge in [-0.3, -0.25) is 4.98 Å². The molecule has 4 aromatic rings. The zero-order valence-electron chi connectivity index (χ0n) is 17.4. The van der Waals surface area contributed by atoms with Gasteiger partial charge >= 0.3 is 0 Å². The van der Waals surface area contributed by atoms with Crippen LogP contribution in [0.25, 0.3) is 11.0 Å². The van der Waals surface area contributed by atoms with Crippen molar-refractivity contribution in [2.75, 3.05) is 6.79 Å². The van der Waals surface area contributed by atoms with E-state index in [1.54, 1.807) is 0 Å². The zero-order valence-corrected chi connectivity index (χ0v) is 17.4. The minimum atomic E-state index is 0.273. The number of pyridine rings is 1. The number of hydrogen-bond donors (Lipinski definition) is 0. The molecular formula is C25H24N2O3. The molecule has 0 amide bonds. The first-order valence-electron chi connectivity index (χ1n) is 10.1. The van der Waals surface area contributed by atoms with Crippen LogP contribution in [0.4, 0.5) is 0 Å². The first kappa shape index (κ1) is 18.6. The Morgan fingerprint density at radius 2 is 1.83 bits per heavy atom. The number of nitrogens with zero attached hydrogens (tertiary/aromatic N) is 2. The number of aryl methyl sites for hydroxylation is 2. The topological polar surface area (TPSA) is 45.5 Å². The van der Waals surface area contributed by atoms with Crippen LogP contribution in [0.3, 0.4) is 0 Å². The Morgan fingerprint density at radius 1 is 0.967 bits per heavy atom. The Bertz CT molecular complexity index is 1240. The number of rotatable bonds is 5. The molecule has 0 saturated heterocycles. The molecule has 5 nitrogen and oxygen atoms in total. The summed E-state index contributed by atoms with van der Waals surface area (Å²) in [5, 5.41) is 0. The molecule has 5 heteroatoms.